The SMILES string of the molecule is O=C(Nc1ccc2c(c1)OC1(CCCC1)O2)C1CCCN1S(=O)(=O)c1ccc2c(c1)OCCO2. The maximum absolute atomic E-state index is 13.4. The van der Waals surface area contributed by atoms with Gasteiger partial charge in [0.25, 0.3) is 5.79 Å². The van der Waals surface area contributed by atoms with E-state index in [2.05, 4.69) is 5.32 Å². The summed E-state index contributed by atoms with van der Waals surface area (Å²) < 4.78 is 51.2. The molecule has 6 rings (SSSR count). The van der Waals surface area contributed by atoms with E-state index in [0.717, 1.165) is 25.7 Å². The molecule has 1 spiro atoms. The number of nitrogens with zero attached hydrogens (tertiary/aromatic N) is 1. The number of hydrogen-bond donors (Lipinski definition) is 1. The van der Waals surface area contributed by atoms with Crippen molar-refractivity contribution in [2.24, 2.45) is 0 Å². The fourth-order valence-electron chi connectivity index (χ4n) is 5.12. The Kier molecular flexibility index (Phi) is 5.11. The van der Waals surface area contributed by atoms with Crippen LogP contribution in [0.25, 0.3) is 0 Å². The van der Waals surface area contributed by atoms with E-state index in [-0.39, 0.29) is 17.3 Å². The van der Waals surface area contributed by atoms with Crippen molar-refractivity contribution in [2.75, 3.05) is 25.1 Å². The predicted molar refractivity (Wildman–Crippen MR) is 122 cm³/mol. The van der Waals surface area contributed by atoms with Crippen LogP contribution in [0.15, 0.2) is 41.3 Å². The average Bonchev–Trinajstić information content (AvgIpc) is 3.58. The normalized spacial score (nSPS) is 22.8. The number of sulfonamides is 1. The topological polar surface area (TPSA) is 103 Å². The first-order chi connectivity index (χ1) is 16.4. The Labute approximate surface area is 198 Å². The quantitative estimate of drug-likeness (QED) is 0.707. The van der Waals surface area contributed by atoms with Crippen LogP contribution < -0.4 is 24.3 Å². The monoisotopic (exact) mass is 486 g/mol. The first-order valence-electron chi connectivity index (χ1n) is 11.7. The molecule has 1 aliphatic carbocycles. The number of anilines is 1. The maximum Gasteiger partial charge on any atom is 0.251 e. The summed E-state index contributed by atoms with van der Waals surface area (Å²) in [5.74, 6) is 1.24. The molecule has 1 N–H and O–H groups in total. The number of nitrogens with one attached hydrogen (secondary N) is 1. The van der Waals surface area contributed by atoms with E-state index in [1.165, 1.54) is 16.4 Å². The zero-order chi connectivity index (χ0) is 23.3. The van der Waals surface area contributed by atoms with Crippen LogP contribution in [-0.4, -0.2) is 50.2 Å². The number of amides is 1. The molecule has 1 unspecified atom stereocenters. The van der Waals surface area contributed by atoms with Crippen molar-refractivity contribution in [1.82, 2.24) is 4.31 Å². The van der Waals surface area contributed by atoms with Gasteiger partial charge in [-0.2, -0.15) is 4.31 Å². The summed E-state index contributed by atoms with van der Waals surface area (Å²) in [7, 11) is -3.89. The van der Waals surface area contributed by atoms with Gasteiger partial charge in [0.15, 0.2) is 23.0 Å². The van der Waals surface area contributed by atoms with Crippen LogP contribution in [0, 0.1) is 0 Å². The lowest BCUT2D eigenvalue weighted by Crippen LogP contribution is -2.43. The molecule has 180 valence electrons. The predicted octanol–water partition coefficient (Wildman–Crippen LogP) is 3.29. The summed E-state index contributed by atoms with van der Waals surface area (Å²) in [6, 6.07) is 9.04. The first-order valence-corrected chi connectivity index (χ1v) is 13.1. The number of benzene rings is 2. The van der Waals surface area contributed by atoms with E-state index < -0.39 is 21.9 Å². The fourth-order valence-corrected chi connectivity index (χ4v) is 6.80. The van der Waals surface area contributed by atoms with Crippen molar-refractivity contribution >= 4 is 21.6 Å². The van der Waals surface area contributed by atoms with Crippen LogP contribution in [-0.2, 0) is 14.8 Å². The van der Waals surface area contributed by atoms with Gasteiger partial charge in [-0.15, -0.1) is 0 Å². The molecule has 3 aliphatic heterocycles. The van der Waals surface area contributed by atoms with Gasteiger partial charge < -0.3 is 24.3 Å². The van der Waals surface area contributed by atoms with Crippen LogP contribution in [0.2, 0.25) is 0 Å². The van der Waals surface area contributed by atoms with Gasteiger partial charge in [0.1, 0.15) is 19.3 Å². The molecule has 3 heterocycles. The van der Waals surface area contributed by atoms with E-state index in [0.29, 0.717) is 54.7 Å². The van der Waals surface area contributed by atoms with E-state index in [4.69, 9.17) is 18.9 Å². The molecule has 1 amide bonds. The van der Waals surface area contributed by atoms with Gasteiger partial charge in [-0.05, 0) is 49.9 Å². The van der Waals surface area contributed by atoms with Crippen LogP contribution in [0.4, 0.5) is 5.69 Å². The third-order valence-corrected chi connectivity index (χ3v) is 8.70. The molecule has 1 atom stereocenters. The molecule has 0 radical (unpaired) electrons. The molecule has 1 saturated heterocycles. The Hall–Kier alpha value is -2.98. The Bertz CT molecular complexity index is 1240. The lowest BCUT2D eigenvalue weighted by atomic mass is 10.2. The highest BCUT2D eigenvalue weighted by molar-refractivity contribution is 7.89. The van der Waals surface area contributed by atoms with Crippen LogP contribution in [0.5, 0.6) is 23.0 Å². The number of ether oxygens (including phenoxy) is 4. The fraction of sp³-hybridized carbons (Fsp3) is 0.458. The van der Waals surface area contributed by atoms with Crippen LogP contribution in [0.1, 0.15) is 38.5 Å². The van der Waals surface area contributed by atoms with E-state index in [9.17, 15) is 13.2 Å². The van der Waals surface area contributed by atoms with Crippen molar-refractivity contribution in [2.45, 2.75) is 55.2 Å². The van der Waals surface area contributed by atoms with Gasteiger partial charge in [0.05, 0.1) is 4.90 Å². The first kappa shape index (κ1) is 21.5. The second-order valence-electron chi connectivity index (χ2n) is 9.05. The molecule has 1 saturated carbocycles. The van der Waals surface area contributed by atoms with Crippen molar-refractivity contribution in [3.8, 4) is 23.0 Å². The highest BCUT2D eigenvalue weighted by Gasteiger charge is 2.44. The molecule has 0 aromatic heterocycles. The zero-order valence-electron chi connectivity index (χ0n) is 18.6. The summed E-state index contributed by atoms with van der Waals surface area (Å²) in [6.07, 6.45) is 4.87. The number of fused-ring (bicyclic) bond motifs is 2. The maximum atomic E-state index is 13.4. The highest BCUT2D eigenvalue weighted by Crippen LogP contribution is 2.47. The molecule has 4 aliphatic rings. The molecular weight excluding hydrogens is 460 g/mol. The third-order valence-electron chi connectivity index (χ3n) is 6.80. The molecule has 2 aromatic rings. The van der Waals surface area contributed by atoms with Crippen molar-refractivity contribution in [1.29, 1.82) is 0 Å². The van der Waals surface area contributed by atoms with E-state index in [1.807, 2.05) is 0 Å². The number of rotatable bonds is 4. The summed E-state index contributed by atoms with van der Waals surface area (Å²) in [6.45, 7) is 1.06. The minimum absolute atomic E-state index is 0.0846. The second kappa shape index (κ2) is 8.06. The summed E-state index contributed by atoms with van der Waals surface area (Å²) in [4.78, 5) is 13.2. The minimum atomic E-state index is -3.89. The molecule has 0 bridgehead atoms. The largest absolute Gasteiger partial charge is 0.486 e. The Morgan fingerprint density at radius 2 is 1.65 bits per heavy atom. The summed E-state index contributed by atoms with van der Waals surface area (Å²) in [5, 5.41) is 2.87. The highest BCUT2D eigenvalue weighted by atomic mass is 32.2. The molecule has 34 heavy (non-hydrogen) atoms. The second-order valence-corrected chi connectivity index (χ2v) is 10.9. The van der Waals surface area contributed by atoms with Gasteiger partial charge in [-0.25, -0.2) is 8.42 Å². The standard InChI is InChI=1S/C24H26N2O7S/c27-23(25-16-5-7-20-22(14-16)33-24(32-20)9-1-2-10-24)18-4-3-11-26(18)34(28,29)17-6-8-19-21(15-17)31-13-12-30-19/h5-8,14-15,18H,1-4,9-13H2,(H,25,27). The van der Waals surface area contributed by atoms with Crippen molar-refractivity contribution in [3.63, 3.8) is 0 Å². The zero-order valence-corrected chi connectivity index (χ0v) is 19.4. The molecular formula is C24H26N2O7S. The number of carbonyl (C=O) groups is 1. The smallest absolute Gasteiger partial charge is 0.251 e. The van der Waals surface area contributed by atoms with Gasteiger partial charge in [0, 0.05) is 37.2 Å². The van der Waals surface area contributed by atoms with Gasteiger partial charge in [-0.3, -0.25) is 4.79 Å². The van der Waals surface area contributed by atoms with Gasteiger partial charge in [-0.1, -0.05) is 0 Å². The van der Waals surface area contributed by atoms with Crippen molar-refractivity contribution < 1.29 is 32.2 Å². The van der Waals surface area contributed by atoms with Crippen molar-refractivity contribution in [3.05, 3.63) is 36.4 Å². The van der Waals surface area contributed by atoms with E-state index >= 15 is 0 Å². The third kappa shape index (κ3) is 3.65. The molecule has 10 heteroatoms. The molecule has 9 nitrogen and oxygen atoms in total. The summed E-state index contributed by atoms with van der Waals surface area (Å²) >= 11 is 0. The molecule has 2 aromatic carbocycles. The Balaban J connectivity index is 1.19. The average molecular weight is 487 g/mol. The lowest BCUT2D eigenvalue weighted by molar-refractivity contribution is -0.119. The van der Waals surface area contributed by atoms with Gasteiger partial charge >= 0.3 is 0 Å². The lowest BCUT2D eigenvalue weighted by Gasteiger charge is -2.24. The van der Waals surface area contributed by atoms with E-state index in [1.54, 1.807) is 24.3 Å². The number of carbonyl (C=O) groups excluding carboxylic acids is 1. The summed E-state index contributed by atoms with van der Waals surface area (Å²) in [5.41, 5.74) is 0.547. The van der Waals surface area contributed by atoms with Crippen LogP contribution in [0.3, 0.4) is 0 Å². The molecule has 2 fully saturated rings. The number of hydrogen-bond acceptors (Lipinski definition) is 7. The Morgan fingerprint density at radius 3 is 2.47 bits per heavy atom. The van der Waals surface area contributed by atoms with Crippen LogP contribution >= 0.6 is 0 Å². The Morgan fingerprint density at radius 1 is 0.912 bits per heavy atom. The minimum Gasteiger partial charge on any atom is -0.486 e. The van der Waals surface area contributed by atoms with Gasteiger partial charge in [0.2, 0.25) is 15.9 Å².